The summed E-state index contributed by atoms with van der Waals surface area (Å²) in [4.78, 5) is 22.2. The van der Waals surface area contributed by atoms with Crippen LogP contribution in [0.4, 0.5) is 0 Å². The third kappa shape index (κ3) is 1.77. The minimum absolute atomic E-state index is 0.0712. The van der Waals surface area contributed by atoms with Crippen LogP contribution in [0.3, 0.4) is 0 Å². The van der Waals surface area contributed by atoms with Gasteiger partial charge in [-0.15, -0.1) is 0 Å². The number of ether oxygens (including phenoxy) is 1. The Kier molecular flexibility index (Phi) is 2.97. The van der Waals surface area contributed by atoms with E-state index in [1.807, 2.05) is 6.07 Å². The third-order valence-electron chi connectivity index (χ3n) is 1.66. The van der Waals surface area contributed by atoms with Crippen LogP contribution in [0.1, 0.15) is 15.9 Å². The zero-order valence-corrected chi connectivity index (χ0v) is 7.48. The summed E-state index contributed by atoms with van der Waals surface area (Å²) in [5.41, 5.74) is 0.241. The van der Waals surface area contributed by atoms with Crippen molar-refractivity contribution in [2.24, 2.45) is 0 Å². The Hall–Kier alpha value is -2.15. The molecule has 0 N–H and O–H groups in total. The molecule has 4 heteroatoms. The van der Waals surface area contributed by atoms with Crippen molar-refractivity contribution in [3.05, 3.63) is 35.4 Å². The molecular formula is C10H7NO3. The number of hydrogen-bond donors (Lipinski definition) is 0. The van der Waals surface area contributed by atoms with Gasteiger partial charge in [-0.3, -0.25) is 4.79 Å². The number of Topliss-reactive ketones (excluding diaryl/α,β-unsaturated/α-hetero) is 1. The Labute approximate surface area is 80.7 Å². The van der Waals surface area contributed by atoms with Crippen molar-refractivity contribution in [1.82, 2.24) is 0 Å². The summed E-state index contributed by atoms with van der Waals surface area (Å²) in [7, 11) is 1.12. The van der Waals surface area contributed by atoms with Gasteiger partial charge in [0.15, 0.2) is 0 Å². The SMILES string of the molecule is COC(=O)C(=O)c1ccccc1C#N. The summed E-state index contributed by atoms with van der Waals surface area (Å²) in [6, 6.07) is 7.91. The lowest BCUT2D eigenvalue weighted by Crippen LogP contribution is -2.16. The number of nitriles is 1. The molecule has 0 saturated carbocycles. The number of rotatable bonds is 2. The molecule has 70 valence electrons. The average molecular weight is 189 g/mol. The summed E-state index contributed by atoms with van der Waals surface area (Å²) in [5.74, 6) is -1.77. The molecule has 14 heavy (non-hydrogen) atoms. The Morgan fingerprint density at radius 1 is 1.36 bits per heavy atom. The minimum atomic E-state index is -0.965. The van der Waals surface area contributed by atoms with E-state index in [0.717, 1.165) is 7.11 Å². The fourth-order valence-corrected chi connectivity index (χ4v) is 0.981. The van der Waals surface area contributed by atoms with Gasteiger partial charge in [0, 0.05) is 5.56 Å². The van der Waals surface area contributed by atoms with Gasteiger partial charge in [-0.05, 0) is 12.1 Å². The quantitative estimate of drug-likeness (QED) is 0.394. The third-order valence-corrected chi connectivity index (χ3v) is 1.66. The molecule has 0 bridgehead atoms. The van der Waals surface area contributed by atoms with E-state index in [2.05, 4.69) is 4.74 Å². The molecular weight excluding hydrogens is 182 g/mol. The van der Waals surface area contributed by atoms with Gasteiger partial charge in [-0.25, -0.2) is 4.79 Å². The minimum Gasteiger partial charge on any atom is -0.463 e. The topological polar surface area (TPSA) is 67.2 Å². The number of nitrogens with zero attached hydrogens (tertiary/aromatic N) is 1. The number of benzene rings is 1. The maximum atomic E-state index is 11.3. The maximum absolute atomic E-state index is 11.3. The van der Waals surface area contributed by atoms with Crippen LogP contribution in [-0.4, -0.2) is 18.9 Å². The summed E-state index contributed by atoms with van der Waals surface area (Å²) in [5, 5.41) is 8.67. The molecule has 0 spiro atoms. The second-order valence-electron chi connectivity index (χ2n) is 2.48. The van der Waals surface area contributed by atoms with Gasteiger partial charge < -0.3 is 4.74 Å². The van der Waals surface area contributed by atoms with Crippen LogP contribution in [-0.2, 0) is 9.53 Å². The number of methoxy groups -OCH3 is 1. The molecule has 0 radical (unpaired) electrons. The van der Waals surface area contributed by atoms with E-state index in [4.69, 9.17) is 5.26 Å². The van der Waals surface area contributed by atoms with Crippen LogP contribution >= 0.6 is 0 Å². The standard InChI is InChI=1S/C10H7NO3/c1-14-10(13)9(12)8-5-3-2-4-7(8)6-11/h2-5H,1H3. The van der Waals surface area contributed by atoms with Crippen LogP contribution in [0.25, 0.3) is 0 Å². The van der Waals surface area contributed by atoms with Crippen molar-refractivity contribution in [2.45, 2.75) is 0 Å². The normalized spacial score (nSPS) is 8.86. The molecule has 0 saturated heterocycles. The molecule has 0 amide bonds. The van der Waals surface area contributed by atoms with Gasteiger partial charge in [0.25, 0.3) is 5.78 Å². The van der Waals surface area contributed by atoms with Crippen LogP contribution < -0.4 is 0 Å². The van der Waals surface area contributed by atoms with Crippen molar-refractivity contribution in [3.8, 4) is 6.07 Å². The van der Waals surface area contributed by atoms with E-state index in [1.165, 1.54) is 12.1 Å². The van der Waals surface area contributed by atoms with E-state index in [1.54, 1.807) is 12.1 Å². The Bertz CT molecular complexity index is 418. The first-order valence-electron chi connectivity index (χ1n) is 3.82. The highest BCUT2D eigenvalue weighted by Crippen LogP contribution is 2.08. The van der Waals surface area contributed by atoms with E-state index < -0.39 is 11.8 Å². The monoisotopic (exact) mass is 189 g/mol. The first kappa shape index (κ1) is 9.93. The van der Waals surface area contributed by atoms with Crippen molar-refractivity contribution >= 4 is 11.8 Å². The van der Waals surface area contributed by atoms with Crippen molar-refractivity contribution in [2.75, 3.05) is 7.11 Å². The lowest BCUT2D eigenvalue weighted by Gasteiger charge is -1.99. The van der Waals surface area contributed by atoms with Crippen LogP contribution in [0.2, 0.25) is 0 Å². The molecule has 0 heterocycles. The highest BCUT2D eigenvalue weighted by molar-refractivity contribution is 6.41. The Morgan fingerprint density at radius 2 is 2.00 bits per heavy atom. The second-order valence-corrected chi connectivity index (χ2v) is 2.48. The molecule has 0 fully saturated rings. The summed E-state index contributed by atoms with van der Waals surface area (Å²) in [6.07, 6.45) is 0. The van der Waals surface area contributed by atoms with E-state index >= 15 is 0 Å². The van der Waals surface area contributed by atoms with E-state index in [0.29, 0.717) is 0 Å². The summed E-state index contributed by atoms with van der Waals surface area (Å²) < 4.78 is 4.27. The maximum Gasteiger partial charge on any atom is 0.379 e. The number of esters is 1. The van der Waals surface area contributed by atoms with Gasteiger partial charge in [-0.1, -0.05) is 12.1 Å². The van der Waals surface area contributed by atoms with Crippen molar-refractivity contribution < 1.29 is 14.3 Å². The first-order valence-corrected chi connectivity index (χ1v) is 3.82. The average Bonchev–Trinajstić information content (AvgIpc) is 2.26. The summed E-state index contributed by atoms with van der Waals surface area (Å²) >= 11 is 0. The molecule has 1 aromatic carbocycles. The van der Waals surface area contributed by atoms with Crippen molar-refractivity contribution in [3.63, 3.8) is 0 Å². The van der Waals surface area contributed by atoms with Gasteiger partial charge >= 0.3 is 5.97 Å². The number of carbonyl (C=O) groups is 2. The van der Waals surface area contributed by atoms with Crippen LogP contribution in [0.15, 0.2) is 24.3 Å². The lowest BCUT2D eigenvalue weighted by atomic mass is 10.0. The molecule has 4 nitrogen and oxygen atoms in total. The highest BCUT2D eigenvalue weighted by atomic mass is 16.5. The molecule has 1 rings (SSSR count). The van der Waals surface area contributed by atoms with Gasteiger partial charge in [0.1, 0.15) is 0 Å². The van der Waals surface area contributed by atoms with Crippen LogP contribution in [0, 0.1) is 11.3 Å². The predicted molar refractivity (Wildman–Crippen MR) is 47.5 cm³/mol. The number of hydrogen-bond acceptors (Lipinski definition) is 4. The van der Waals surface area contributed by atoms with E-state index in [9.17, 15) is 9.59 Å². The predicted octanol–water partition coefficient (Wildman–Crippen LogP) is 0.914. The fourth-order valence-electron chi connectivity index (χ4n) is 0.981. The molecule has 0 aromatic heterocycles. The van der Waals surface area contributed by atoms with Gasteiger partial charge in [0.05, 0.1) is 18.7 Å². The first-order chi connectivity index (χ1) is 6.70. The van der Waals surface area contributed by atoms with Gasteiger partial charge in [-0.2, -0.15) is 5.26 Å². The Morgan fingerprint density at radius 3 is 2.57 bits per heavy atom. The Balaban J connectivity index is 3.14. The fraction of sp³-hybridized carbons (Fsp3) is 0.100. The molecule has 0 aliphatic carbocycles. The largest absolute Gasteiger partial charge is 0.463 e. The number of ketones is 1. The lowest BCUT2D eigenvalue weighted by molar-refractivity contribution is -0.135. The summed E-state index contributed by atoms with van der Waals surface area (Å²) in [6.45, 7) is 0. The molecule has 1 aromatic rings. The molecule has 0 aliphatic heterocycles. The molecule has 0 aliphatic rings. The zero-order chi connectivity index (χ0) is 10.6. The highest BCUT2D eigenvalue weighted by Gasteiger charge is 2.19. The smallest absolute Gasteiger partial charge is 0.379 e. The van der Waals surface area contributed by atoms with Gasteiger partial charge in [0.2, 0.25) is 0 Å². The number of carbonyl (C=O) groups excluding carboxylic acids is 2. The van der Waals surface area contributed by atoms with E-state index in [-0.39, 0.29) is 11.1 Å². The van der Waals surface area contributed by atoms with Crippen molar-refractivity contribution in [1.29, 1.82) is 5.26 Å². The molecule has 0 unspecified atom stereocenters. The second kappa shape index (κ2) is 4.19. The molecule has 0 atom stereocenters. The zero-order valence-electron chi connectivity index (χ0n) is 7.48. The van der Waals surface area contributed by atoms with Crippen LogP contribution in [0.5, 0.6) is 0 Å².